The second-order valence-electron chi connectivity index (χ2n) is 8.54. The summed E-state index contributed by atoms with van der Waals surface area (Å²) in [5.74, 6) is 1.25. The molecule has 8 nitrogen and oxygen atoms in total. The van der Waals surface area contributed by atoms with Gasteiger partial charge in [0.25, 0.3) is 5.91 Å². The fourth-order valence-corrected chi connectivity index (χ4v) is 4.80. The number of amides is 1. The van der Waals surface area contributed by atoms with Crippen LogP contribution in [-0.2, 0) is 0 Å². The Balaban J connectivity index is 0.00000245. The van der Waals surface area contributed by atoms with Crippen molar-refractivity contribution in [2.75, 3.05) is 26.2 Å². The molecule has 0 radical (unpaired) electrons. The monoisotopic (exact) mass is 456 g/mol. The lowest BCUT2D eigenvalue weighted by atomic mass is 10.0. The van der Waals surface area contributed by atoms with Crippen molar-refractivity contribution in [3.8, 4) is 0 Å². The van der Waals surface area contributed by atoms with E-state index in [2.05, 4.69) is 56.3 Å². The van der Waals surface area contributed by atoms with E-state index in [0.29, 0.717) is 24.9 Å². The molecule has 3 aromatic rings. The smallest absolute Gasteiger partial charge is 0.289 e. The van der Waals surface area contributed by atoms with Gasteiger partial charge in [0.15, 0.2) is 11.6 Å². The maximum absolute atomic E-state index is 12.7. The van der Waals surface area contributed by atoms with E-state index in [1.54, 1.807) is 18.4 Å². The Morgan fingerprint density at radius 2 is 1.78 bits per heavy atom. The van der Waals surface area contributed by atoms with Crippen LogP contribution in [-0.4, -0.2) is 62.1 Å². The zero-order valence-electron chi connectivity index (χ0n) is 18.3. The standard InChI is InChI=1S/C23H28N6O2.ClH/c1-17-8-10-18(11-9-17)21(22-24-25-26-29(22)19-5-2-3-6-19)27-12-14-28(15-13-27)23(30)20-7-4-16-31-20;/h4,7-11,16,19,21H,2-3,5-6,12-15H2,1H3;1H. The molecule has 3 heterocycles. The van der Waals surface area contributed by atoms with Crippen molar-refractivity contribution in [3.05, 3.63) is 65.4 Å². The van der Waals surface area contributed by atoms with Gasteiger partial charge < -0.3 is 9.32 Å². The van der Waals surface area contributed by atoms with Crippen LogP contribution in [0.1, 0.15) is 65.3 Å². The summed E-state index contributed by atoms with van der Waals surface area (Å²) in [5, 5.41) is 12.9. The number of nitrogens with zero attached hydrogens (tertiary/aromatic N) is 6. The number of benzene rings is 1. The molecule has 1 saturated carbocycles. The number of furan rings is 1. The lowest BCUT2D eigenvalue weighted by molar-refractivity contribution is 0.0558. The van der Waals surface area contributed by atoms with Crippen molar-refractivity contribution < 1.29 is 9.21 Å². The van der Waals surface area contributed by atoms with E-state index in [-0.39, 0.29) is 24.4 Å². The molecule has 1 unspecified atom stereocenters. The molecule has 2 aromatic heterocycles. The van der Waals surface area contributed by atoms with Crippen LogP contribution in [0.25, 0.3) is 0 Å². The average molecular weight is 457 g/mol. The molecular weight excluding hydrogens is 428 g/mol. The topological polar surface area (TPSA) is 80.3 Å². The summed E-state index contributed by atoms with van der Waals surface area (Å²) in [7, 11) is 0. The van der Waals surface area contributed by atoms with E-state index in [1.807, 2.05) is 4.90 Å². The first-order valence-electron chi connectivity index (χ1n) is 11.1. The minimum absolute atomic E-state index is 0. The van der Waals surface area contributed by atoms with Crippen molar-refractivity contribution in [1.82, 2.24) is 30.0 Å². The third-order valence-corrected chi connectivity index (χ3v) is 6.53. The van der Waals surface area contributed by atoms with Crippen molar-refractivity contribution in [2.45, 2.75) is 44.7 Å². The quantitative estimate of drug-likeness (QED) is 0.582. The predicted octanol–water partition coefficient (Wildman–Crippen LogP) is 3.66. The number of carbonyl (C=O) groups is 1. The molecule has 32 heavy (non-hydrogen) atoms. The number of carbonyl (C=O) groups excluding carboxylic acids is 1. The van der Waals surface area contributed by atoms with Gasteiger partial charge in [-0.25, -0.2) is 4.68 Å². The third kappa shape index (κ3) is 4.42. The van der Waals surface area contributed by atoms with Gasteiger partial charge in [-0.15, -0.1) is 17.5 Å². The minimum Gasteiger partial charge on any atom is -0.459 e. The van der Waals surface area contributed by atoms with Crippen molar-refractivity contribution in [1.29, 1.82) is 0 Å². The van der Waals surface area contributed by atoms with Gasteiger partial charge in [-0.1, -0.05) is 42.7 Å². The van der Waals surface area contributed by atoms with Crippen LogP contribution < -0.4 is 0 Å². The maximum atomic E-state index is 12.7. The van der Waals surface area contributed by atoms with Crippen LogP contribution in [0.3, 0.4) is 0 Å². The fraction of sp³-hybridized carbons (Fsp3) is 0.478. The molecule has 0 bridgehead atoms. The van der Waals surface area contributed by atoms with Crippen molar-refractivity contribution in [3.63, 3.8) is 0 Å². The molecule has 1 aliphatic heterocycles. The Morgan fingerprint density at radius 3 is 2.44 bits per heavy atom. The van der Waals surface area contributed by atoms with Crippen LogP contribution in [0.5, 0.6) is 0 Å². The molecule has 1 aromatic carbocycles. The summed E-state index contributed by atoms with van der Waals surface area (Å²) in [6.45, 7) is 4.89. The number of aryl methyl sites for hydroxylation is 1. The average Bonchev–Trinajstić information content (AvgIpc) is 3.57. The summed E-state index contributed by atoms with van der Waals surface area (Å²) in [5.41, 5.74) is 2.41. The van der Waals surface area contributed by atoms with Gasteiger partial charge in [0.1, 0.15) is 0 Å². The summed E-state index contributed by atoms with van der Waals surface area (Å²) < 4.78 is 7.35. The molecule has 1 saturated heterocycles. The molecule has 0 N–H and O–H groups in total. The molecule has 1 amide bonds. The lowest BCUT2D eigenvalue weighted by Gasteiger charge is -2.39. The van der Waals surface area contributed by atoms with E-state index in [4.69, 9.17) is 4.42 Å². The molecule has 2 aliphatic rings. The largest absolute Gasteiger partial charge is 0.459 e. The van der Waals surface area contributed by atoms with E-state index in [1.165, 1.54) is 24.0 Å². The maximum Gasteiger partial charge on any atom is 0.289 e. The first-order chi connectivity index (χ1) is 15.2. The number of rotatable bonds is 5. The van der Waals surface area contributed by atoms with Gasteiger partial charge in [-0.3, -0.25) is 9.69 Å². The Bertz CT molecular complexity index is 1010. The molecule has 9 heteroatoms. The normalized spacial score (nSPS) is 18.5. The van der Waals surface area contributed by atoms with E-state index < -0.39 is 0 Å². The van der Waals surface area contributed by atoms with Crippen LogP contribution in [0.2, 0.25) is 0 Å². The summed E-state index contributed by atoms with van der Waals surface area (Å²) in [6, 6.07) is 12.4. The molecule has 2 fully saturated rings. The Morgan fingerprint density at radius 1 is 1.06 bits per heavy atom. The van der Waals surface area contributed by atoms with Crippen molar-refractivity contribution in [2.24, 2.45) is 0 Å². The highest BCUT2D eigenvalue weighted by Crippen LogP contribution is 2.34. The Labute approximate surface area is 194 Å². The molecule has 1 atom stereocenters. The van der Waals surface area contributed by atoms with Gasteiger partial charge in [-0.05, 0) is 47.9 Å². The number of hydrogen-bond acceptors (Lipinski definition) is 6. The zero-order valence-corrected chi connectivity index (χ0v) is 19.1. The van der Waals surface area contributed by atoms with Crippen LogP contribution >= 0.6 is 12.4 Å². The number of hydrogen-bond donors (Lipinski definition) is 0. The highest BCUT2D eigenvalue weighted by atomic mass is 35.5. The highest BCUT2D eigenvalue weighted by molar-refractivity contribution is 5.91. The predicted molar refractivity (Wildman–Crippen MR) is 122 cm³/mol. The van der Waals surface area contributed by atoms with Gasteiger partial charge in [0.05, 0.1) is 18.3 Å². The van der Waals surface area contributed by atoms with E-state index in [9.17, 15) is 4.79 Å². The number of tetrazole rings is 1. The summed E-state index contributed by atoms with van der Waals surface area (Å²) in [4.78, 5) is 16.9. The Kier molecular flexibility index (Phi) is 6.91. The Hall–Kier alpha value is -2.71. The number of halogens is 1. The van der Waals surface area contributed by atoms with Crippen LogP contribution in [0.15, 0.2) is 47.1 Å². The van der Waals surface area contributed by atoms with Gasteiger partial charge in [0, 0.05) is 26.2 Å². The molecular formula is C23H29ClN6O2. The summed E-state index contributed by atoms with van der Waals surface area (Å²) in [6.07, 6.45) is 6.26. The number of piperazine rings is 1. The lowest BCUT2D eigenvalue weighted by Crippen LogP contribution is -2.50. The second kappa shape index (κ2) is 9.83. The van der Waals surface area contributed by atoms with E-state index >= 15 is 0 Å². The van der Waals surface area contributed by atoms with Crippen LogP contribution in [0, 0.1) is 6.92 Å². The fourth-order valence-electron chi connectivity index (χ4n) is 4.80. The van der Waals surface area contributed by atoms with E-state index in [0.717, 1.165) is 31.8 Å². The highest BCUT2D eigenvalue weighted by Gasteiger charge is 2.34. The first kappa shape index (κ1) is 22.5. The van der Waals surface area contributed by atoms with Gasteiger partial charge in [0.2, 0.25) is 0 Å². The van der Waals surface area contributed by atoms with Gasteiger partial charge >= 0.3 is 0 Å². The van der Waals surface area contributed by atoms with Crippen molar-refractivity contribution >= 4 is 18.3 Å². The SMILES string of the molecule is Cc1ccc(C(c2nnnn2C2CCCC2)N2CCN(C(=O)c3ccco3)CC2)cc1.Cl. The summed E-state index contributed by atoms with van der Waals surface area (Å²) >= 11 is 0. The second-order valence-corrected chi connectivity index (χ2v) is 8.54. The first-order valence-corrected chi connectivity index (χ1v) is 11.1. The van der Waals surface area contributed by atoms with Gasteiger partial charge in [-0.2, -0.15) is 0 Å². The molecule has 0 spiro atoms. The third-order valence-electron chi connectivity index (χ3n) is 6.53. The molecule has 5 rings (SSSR count). The molecule has 1 aliphatic carbocycles. The minimum atomic E-state index is -0.0488. The number of aromatic nitrogens is 4. The molecule has 170 valence electrons. The zero-order chi connectivity index (χ0) is 21.2. The van der Waals surface area contributed by atoms with Crippen LogP contribution in [0.4, 0.5) is 0 Å².